The van der Waals surface area contributed by atoms with Crippen LogP contribution in [0.4, 0.5) is 0 Å². The van der Waals surface area contributed by atoms with E-state index in [9.17, 15) is 9.59 Å². The first-order valence-electron chi connectivity index (χ1n) is 9.69. The molecule has 0 radical (unpaired) electrons. The number of amides is 2. The summed E-state index contributed by atoms with van der Waals surface area (Å²) in [6.07, 6.45) is 1.24. The molecule has 2 aromatic rings. The number of nitrogens with one attached hydrogen (secondary N) is 1. The molecule has 0 aliphatic rings. The molecule has 2 rings (SSSR count). The van der Waals surface area contributed by atoms with Crippen molar-refractivity contribution in [1.82, 2.24) is 10.2 Å². The summed E-state index contributed by atoms with van der Waals surface area (Å²) in [4.78, 5) is 26.9. The highest BCUT2D eigenvalue weighted by molar-refractivity contribution is 6.35. The molecule has 162 valence electrons. The van der Waals surface area contributed by atoms with Crippen molar-refractivity contribution in [3.63, 3.8) is 0 Å². The lowest BCUT2D eigenvalue weighted by atomic mass is 10.1. The van der Waals surface area contributed by atoms with E-state index in [1.54, 1.807) is 54.4 Å². The molecule has 2 amide bonds. The fourth-order valence-electron chi connectivity index (χ4n) is 3.01. The molecular formula is C22H25Cl3N2O3. The second-order valence-corrected chi connectivity index (χ2v) is 7.98. The maximum absolute atomic E-state index is 13.0. The summed E-state index contributed by atoms with van der Waals surface area (Å²) in [6.45, 7) is 2.46. The average Bonchev–Trinajstić information content (AvgIpc) is 2.73. The summed E-state index contributed by atoms with van der Waals surface area (Å²) >= 11 is 18.1. The Hall–Kier alpha value is -1.95. The predicted octanol–water partition coefficient (Wildman–Crippen LogP) is 5.36. The molecule has 0 heterocycles. The number of carbonyl (C=O) groups excluding carboxylic acids is 2. The highest BCUT2D eigenvalue weighted by Gasteiger charge is 2.28. The second kappa shape index (κ2) is 12.0. The van der Waals surface area contributed by atoms with E-state index in [1.807, 2.05) is 6.92 Å². The van der Waals surface area contributed by atoms with Gasteiger partial charge in [0.1, 0.15) is 11.8 Å². The molecule has 1 N–H and O–H groups in total. The third-order valence-corrected chi connectivity index (χ3v) is 5.44. The first-order valence-corrected chi connectivity index (χ1v) is 10.8. The lowest BCUT2D eigenvalue weighted by Crippen LogP contribution is -2.48. The quantitative estimate of drug-likeness (QED) is 0.475. The van der Waals surface area contributed by atoms with Gasteiger partial charge >= 0.3 is 0 Å². The standard InChI is InChI=1S/C22H25Cl3N2O3/c1-3-20(22(29)26-2)27(14-15-6-7-17(24)13-19(15)25)21(28)5-4-12-30-18-10-8-16(23)9-11-18/h6-11,13,20H,3-5,12,14H2,1-2H3,(H,26,29)/t20-/m0/s1. The van der Waals surface area contributed by atoms with E-state index in [-0.39, 0.29) is 24.8 Å². The summed E-state index contributed by atoms with van der Waals surface area (Å²) in [5.41, 5.74) is 0.731. The van der Waals surface area contributed by atoms with Gasteiger partial charge in [0.2, 0.25) is 11.8 Å². The molecule has 0 unspecified atom stereocenters. The van der Waals surface area contributed by atoms with Crippen LogP contribution < -0.4 is 10.1 Å². The summed E-state index contributed by atoms with van der Waals surface area (Å²) in [6, 6.07) is 11.6. The van der Waals surface area contributed by atoms with E-state index in [1.165, 1.54) is 0 Å². The Kier molecular flexibility index (Phi) is 9.76. The Morgan fingerprint density at radius 3 is 2.33 bits per heavy atom. The fraction of sp³-hybridized carbons (Fsp3) is 0.364. The first-order chi connectivity index (χ1) is 14.3. The van der Waals surface area contributed by atoms with Crippen molar-refractivity contribution in [2.45, 2.75) is 38.8 Å². The Morgan fingerprint density at radius 2 is 1.73 bits per heavy atom. The number of halogens is 3. The number of carbonyl (C=O) groups is 2. The van der Waals surface area contributed by atoms with Crippen LogP contribution in [0.25, 0.3) is 0 Å². The maximum atomic E-state index is 13.0. The minimum atomic E-state index is -0.591. The van der Waals surface area contributed by atoms with Gasteiger partial charge in [-0.05, 0) is 54.8 Å². The number of benzene rings is 2. The van der Waals surface area contributed by atoms with E-state index in [0.29, 0.717) is 40.3 Å². The van der Waals surface area contributed by atoms with Crippen LogP contribution in [-0.4, -0.2) is 36.4 Å². The van der Waals surface area contributed by atoms with Crippen molar-refractivity contribution in [2.75, 3.05) is 13.7 Å². The van der Waals surface area contributed by atoms with Crippen LogP contribution in [0, 0.1) is 0 Å². The van der Waals surface area contributed by atoms with E-state index in [2.05, 4.69) is 5.32 Å². The van der Waals surface area contributed by atoms with Gasteiger partial charge in [-0.3, -0.25) is 9.59 Å². The summed E-state index contributed by atoms with van der Waals surface area (Å²) in [5.74, 6) is 0.331. The van der Waals surface area contributed by atoms with Crippen LogP contribution in [0.2, 0.25) is 15.1 Å². The topological polar surface area (TPSA) is 58.6 Å². The third kappa shape index (κ3) is 7.08. The van der Waals surface area contributed by atoms with Gasteiger partial charge in [-0.1, -0.05) is 47.8 Å². The monoisotopic (exact) mass is 470 g/mol. The third-order valence-electron chi connectivity index (χ3n) is 4.61. The van der Waals surface area contributed by atoms with Gasteiger partial charge < -0.3 is 15.0 Å². The van der Waals surface area contributed by atoms with Crippen LogP contribution in [-0.2, 0) is 16.1 Å². The van der Waals surface area contributed by atoms with Gasteiger partial charge in [-0.25, -0.2) is 0 Å². The Balaban J connectivity index is 2.05. The summed E-state index contributed by atoms with van der Waals surface area (Å²) in [5, 5.41) is 4.23. The lowest BCUT2D eigenvalue weighted by Gasteiger charge is -2.30. The smallest absolute Gasteiger partial charge is 0.242 e. The molecule has 1 atom stereocenters. The molecule has 0 spiro atoms. The van der Waals surface area contributed by atoms with Crippen molar-refractivity contribution in [1.29, 1.82) is 0 Å². The van der Waals surface area contributed by atoms with Crippen LogP contribution >= 0.6 is 34.8 Å². The molecule has 2 aromatic carbocycles. The highest BCUT2D eigenvalue weighted by atomic mass is 35.5. The SMILES string of the molecule is CC[C@@H](C(=O)NC)N(Cc1ccc(Cl)cc1Cl)C(=O)CCCOc1ccc(Cl)cc1. The Bertz CT molecular complexity index is 859. The predicted molar refractivity (Wildman–Crippen MR) is 121 cm³/mol. The second-order valence-electron chi connectivity index (χ2n) is 6.70. The lowest BCUT2D eigenvalue weighted by molar-refractivity contribution is -0.141. The van der Waals surface area contributed by atoms with E-state index >= 15 is 0 Å². The van der Waals surface area contributed by atoms with Crippen LogP contribution in [0.1, 0.15) is 31.7 Å². The van der Waals surface area contributed by atoms with Gasteiger partial charge in [0, 0.05) is 35.1 Å². The molecule has 0 saturated heterocycles. The molecule has 0 aromatic heterocycles. The molecule has 0 aliphatic heterocycles. The average molecular weight is 472 g/mol. The molecule has 0 bridgehead atoms. The van der Waals surface area contributed by atoms with Gasteiger partial charge in [0.05, 0.1) is 6.61 Å². The molecule has 30 heavy (non-hydrogen) atoms. The number of likely N-dealkylation sites (N-methyl/N-ethyl adjacent to an activating group) is 1. The van der Waals surface area contributed by atoms with Crippen LogP contribution in [0.3, 0.4) is 0 Å². The van der Waals surface area contributed by atoms with Crippen LogP contribution in [0.5, 0.6) is 5.75 Å². The van der Waals surface area contributed by atoms with Gasteiger partial charge in [-0.15, -0.1) is 0 Å². The minimum Gasteiger partial charge on any atom is -0.494 e. The zero-order valence-corrected chi connectivity index (χ0v) is 19.2. The largest absolute Gasteiger partial charge is 0.494 e. The molecule has 5 nitrogen and oxygen atoms in total. The van der Waals surface area contributed by atoms with Crippen molar-refractivity contribution in [3.05, 3.63) is 63.1 Å². The molecule has 0 fully saturated rings. The molecule has 0 saturated carbocycles. The zero-order chi connectivity index (χ0) is 22.1. The normalized spacial score (nSPS) is 11.6. The van der Waals surface area contributed by atoms with E-state index in [4.69, 9.17) is 39.5 Å². The number of nitrogens with zero attached hydrogens (tertiary/aromatic N) is 1. The van der Waals surface area contributed by atoms with Crippen molar-refractivity contribution in [3.8, 4) is 5.75 Å². The van der Waals surface area contributed by atoms with E-state index in [0.717, 1.165) is 5.56 Å². The van der Waals surface area contributed by atoms with Crippen molar-refractivity contribution >= 4 is 46.6 Å². The highest BCUT2D eigenvalue weighted by Crippen LogP contribution is 2.24. The van der Waals surface area contributed by atoms with Crippen LogP contribution in [0.15, 0.2) is 42.5 Å². The van der Waals surface area contributed by atoms with Gasteiger partial charge in [-0.2, -0.15) is 0 Å². The maximum Gasteiger partial charge on any atom is 0.242 e. The summed E-state index contributed by atoms with van der Waals surface area (Å²) < 4.78 is 5.65. The van der Waals surface area contributed by atoms with Crippen molar-refractivity contribution < 1.29 is 14.3 Å². The minimum absolute atomic E-state index is 0.142. The number of rotatable bonds is 10. The Labute approximate surface area is 192 Å². The number of ether oxygens (including phenoxy) is 1. The number of hydrogen-bond donors (Lipinski definition) is 1. The van der Waals surface area contributed by atoms with Gasteiger partial charge in [0.15, 0.2) is 0 Å². The molecular weight excluding hydrogens is 447 g/mol. The Morgan fingerprint density at radius 1 is 1.07 bits per heavy atom. The van der Waals surface area contributed by atoms with Gasteiger partial charge in [0.25, 0.3) is 0 Å². The zero-order valence-electron chi connectivity index (χ0n) is 17.0. The fourth-order valence-corrected chi connectivity index (χ4v) is 3.60. The molecule has 0 aliphatic carbocycles. The first kappa shape index (κ1) is 24.3. The summed E-state index contributed by atoms with van der Waals surface area (Å²) in [7, 11) is 1.56. The molecule has 8 heteroatoms. The van der Waals surface area contributed by atoms with E-state index < -0.39 is 6.04 Å². The number of hydrogen-bond acceptors (Lipinski definition) is 3. The van der Waals surface area contributed by atoms with Crippen molar-refractivity contribution in [2.24, 2.45) is 0 Å².